The molecule has 1 unspecified atom stereocenters. The van der Waals surface area contributed by atoms with Crippen molar-refractivity contribution in [2.45, 2.75) is 44.3 Å². The van der Waals surface area contributed by atoms with Crippen molar-refractivity contribution in [2.75, 3.05) is 50.8 Å². The summed E-state index contributed by atoms with van der Waals surface area (Å²) in [6.45, 7) is 2.73. The van der Waals surface area contributed by atoms with Crippen LogP contribution in [0.1, 0.15) is 31.2 Å². The predicted octanol–water partition coefficient (Wildman–Crippen LogP) is 4.62. The third kappa shape index (κ3) is 6.58. The van der Waals surface area contributed by atoms with E-state index in [4.69, 9.17) is 16.3 Å². The molecule has 1 aliphatic carbocycles. The van der Waals surface area contributed by atoms with Crippen LogP contribution in [0.4, 0.5) is 23.5 Å². The Balaban J connectivity index is 0.921. The highest BCUT2D eigenvalue weighted by atomic mass is 35.5. The van der Waals surface area contributed by atoms with Crippen molar-refractivity contribution in [3.63, 3.8) is 0 Å². The molecular formula is C29H33ClF4N6O2. The van der Waals surface area contributed by atoms with Crippen LogP contribution >= 0.6 is 11.6 Å². The van der Waals surface area contributed by atoms with Crippen molar-refractivity contribution in [2.24, 2.45) is 22.7 Å². The first-order valence-corrected chi connectivity index (χ1v) is 14.8. The molecule has 42 heavy (non-hydrogen) atoms. The number of carbonyl (C=O) groups is 1. The van der Waals surface area contributed by atoms with Crippen LogP contribution in [-0.2, 0) is 11.2 Å². The van der Waals surface area contributed by atoms with E-state index in [0.717, 1.165) is 38.3 Å². The molecule has 4 aliphatic rings. The fourth-order valence-corrected chi connectivity index (χ4v) is 6.50. The number of nitrogens with zero attached hydrogens (tertiary/aromatic N) is 6. The number of fused-ring (bicyclic) bond motifs is 1. The van der Waals surface area contributed by atoms with Crippen molar-refractivity contribution < 1.29 is 27.1 Å². The van der Waals surface area contributed by atoms with Crippen LogP contribution in [0.3, 0.4) is 0 Å². The molecule has 2 saturated heterocycles. The summed E-state index contributed by atoms with van der Waals surface area (Å²) in [5, 5.41) is 0.533. The lowest BCUT2D eigenvalue weighted by Crippen LogP contribution is -2.51. The number of piperazine rings is 1. The second kappa shape index (κ2) is 11.9. The molecule has 1 aromatic heterocycles. The van der Waals surface area contributed by atoms with Gasteiger partial charge in [-0.15, -0.1) is 0 Å². The van der Waals surface area contributed by atoms with Gasteiger partial charge in [-0.3, -0.25) is 9.79 Å². The molecule has 3 fully saturated rings. The van der Waals surface area contributed by atoms with Gasteiger partial charge in [-0.25, -0.2) is 14.4 Å². The number of ether oxygens (including phenoxy) is 1. The summed E-state index contributed by atoms with van der Waals surface area (Å²) in [5.74, 6) is 2.53. The zero-order chi connectivity index (χ0) is 29.4. The molecule has 0 radical (unpaired) electrons. The number of rotatable bonds is 8. The van der Waals surface area contributed by atoms with Crippen molar-refractivity contribution in [1.82, 2.24) is 19.8 Å². The Labute approximate surface area is 246 Å². The number of piperidine rings is 1. The number of alkyl halides is 3. The van der Waals surface area contributed by atoms with Crippen LogP contribution < -0.4 is 9.64 Å². The summed E-state index contributed by atoms with van der Waals surface area (Å²) in [4.78, 5) is 30.4. The lowest BCUT2D eigenvalue weighted by Gasteiger charge is -2.34. The first-order chi connectivity index (χ1) is 20.1. The van der Waals surface area contributed by atoms with Crippen LogP contribution in [-0.4, -0.2) is 89.6 Å². The van der Waals surface area contributed by atoms with Crippen LogP contribution in [0.2, 0.25) is 5.02 Å². The second-order valence-electron chi connectivity index (χ2n) is 11.6. The summed E-state index contributed by atoms with van der Waals surface area (Å²) in [7, 11) is 0. The lowest BCUT2D eigenvalue weighted by molar-refractivity contribution is -0.146. The van der Waals surface area contributed by atoms with E-state index in [-0.39, 0.29) is 49.9 Å². The number of aromatic nitrogens is 2. The van der Waals surface area contributed by atoms with E-state index in [1.165, 1.54) is 17.4 Å². The first kappa shape index (κ1) is 28.9. The van der Waals surface area contributed by atoms with Gasteiger partial charge >= 0.3 is 6.18 Å². The van der Waals surface area contributed by atoms with Crippen LogP contribution in [0, 0.1) is 23.6 Å². The van der Waals surface area contributed by atoms with Gasteiger partial charge in [-0.05, 0) is 55.1 Å². The van der Waals surface area contributed by atoms with Gasteiger partial charge in [0.15, 0.2) is 6.04 Å². The number of aliphatic imine (C=N–C) groups is 1. The van der Waals surface area contributed by atoms with Gasteiger partial charge in [0.1, 0.15) is 17.4 Å². The molecule has 0 N–H and O–H groups in total. The molecule has 226 valence electrons. The Morgan fingerprint density at radius 1 is 1.07 bits per heavy atom. The average Bonchev–Trinajstić information content (AvgIpc) is 3.60. The van der Waals surface area contributed by atoms with Crippen LogP contribution in [0.5, 0.6) is 5.75 Å². The molecule has 1 amide bonds. The maximum absolute atomic E-state index is 14.8. The van der Waals surface area contributed by atoms with E-state index < -0.39 is 18.0 Å². The Morgan fingerprint density at radius 3 is 2.55 bits per heavy atom. The lowest BCUT2D eigenvalue weighted by atomic mass is 9.90. The number of hydrogen-bond acceptors (Lipinski definition) is 7. The highest BCUT2D eigenvalue weighted by molar-refractivity contribution is 6.30. The number of hydrogen-bond donors (Lipinski definition) is 0. The fraction of sp³-hybridized carbons (Fsp3) is 0.586. The van der Waals surface area contributed by atoms with Crippen molar-refractivity contribution in [3.05, 3.63) is 47.0 Å². The Kier molecular flexibility index (Phi) is 8.17. The van der Waals surface area contributed by atoms with E-state index in [1.807, 2.05) is 0 Å². The van der Waals surface area contributed by atoms with E-state index >= 15 is 0 Å². The Hall–Kier alpha value is -3.15. The zero-order valence-corrected chi connectivity index (χ0v) is 23.8. The van der Waals surface area contributed by atoms with Gasteiger partial charge in [0.05, 0.1) is 43.5 Å². The number of benzene rings is 1. The summed E-state index contributed by atoms with van der Waals surface area (Å²) in [5.41, 5.74) is 0.230. The topological polar surface area (TPSA) is 74.2 Å². The average molecular weight is 609 g/mol. The van der Waals surface area contributed by atoms with Crippen molar-refractivity contribution in [1.29, 1.82) is 0 Å². The molecule has 3 atom stereocenters. The van der Waals surface area contributed by atoms with Gasteiger partial charge < -0.3 is 19.4 Å². The van der Waals surface area contributed by atoms with Crippen molar-refractivity contribution in [3.8, 4) is 5.75 Å². The monoisotopic (exact) mass is 608 g/mol. The molecule has 1 aromatic carbocycles. The van der Waals surface area contributed by atoms with E-state index in [1.54, 1.807) is 29.4 Å². The van der Waals surface area contributed by atoms with Gasteiger partial charge in [0.2, 0.25) is 11.9 Å². The largest absolute Gasteiger partial charge is 0.493 e. The Morgan fingerprint density at radius 2 is 1.83 bits per heavy atom. The number of carbonyl (C=O) groups excluding carboxylic acids is 1. The summed E-state index contributed by atoms with van der Waals surface area (Å²) >= 11 is 5.89. The van der Waals surface area contributed by atoms with E-state index in [0.29, 0.717) is 35.1 Å². The number of halogens is 5. The number of anilines is 1. The van der Waals surface area contributed by atoms with Crippen molar-refractivity contribution >= 4 is 29.3 Å². The molecule has 1 saturated carbocycles. The molecule has 4 heterocycles. The zero-order valence-electron chi connectivity index (χ0n) is 23.1. The smallest absolute Gasteiger partial charge is 0.412 e. The van der Waals surface area contributed by atoms with Crippen LogP contribution in [0.25, 0.3) is 0 Å². The van der Waals surface area contributed by atoms with E-state index in [9.17, 15) is 22.4 Å². The minimum atomic E-state index is -4.40. The maximum Gasteiger partial charge on any atom is 0.412 e. The third-order valence-electron chi connectivity index (χ3n) is 8.90. The highest BCUT2D eigenvalue weighted by Crippen LogP contribution is 2.50. The molecule has 13 heteroatoms. The molecular weight excluding hydrogens is 576 g/mol. The minimum Gasteiger partial charge on any atom is -0.493 e. The predicted molar refractivity (Wildman–Crippen MR) is 149 cm³/mol. The molecule has 8 nitrogen and oxygen atoms in total. The molecule has 0 bridgehead atoms. The molecule has 2 aromatic rings. The molecule has 3 aliphatic heterocycles. The standard InChI is InChI=1S/C29H33ClF4N6O2/c30-21-14-35-28(36-15-21)38-6-3-18(4-7-38)23-11-19(23)5-10-42-22-2-1-20(24(31)13-22)12-27(41)40-9-8-39-16-25(29(32,33)34)37-26(39)17-40/h1-2,13-15,18-19,23,25H,3-12,16-17H2/t19-,23-,25?/m1/s1. The van der Waals surface area contributed by atoms with E-state index in [2.05, 4.69) is 19.9 Å². The summed E-state index contributed by atoms with van der Waals surface area (Å²) < 4.78 is 59.8. The Bertz CT molecular complexity index is 1320. The quantitative estimate of drug-likeness (QED) is 0.407. The highest BCUT2D eigenvalue weighted by Gasteiger charge is 2.46. The normalized spacial score (nSPS) is 24.5. The first-order valence-electron chi connectivity index (χ1n) is 14.4. The van der Waals surface area contributed by atoms with Gasteiger partial charge in [0, 0.05) is 32.2 Å². The SMILES string of the molecule is O=C(Cc1ccc(OCC[C@@H]2C[C@@H]2C2CCN(c3ncc(Cl)cn3)CC2)cc1F)N1CCN2CC(C(F)(F)F)N=C2C1. The fourth-order valence-electron chi connectivity index (χ4n) is 6.40. The summed E-state index contributed by atoms with van der Waals surface area (Å²) in [6.07, 6.45) is 3.00. The van der Waals surface area contributed by atoms with Gasteiger partial charge in [0.25, 0.3) is 0 Å². The minimum absolute atomic E-state index is 0.00622. The number of amidine groups is 1. The molecule has 6 rings (SSSR count). The van der Waals surface area contributed by atoms with Crippen LogP contribution in [0.15, 0.2) is 35.6 Å². The maximum atomic E-state index is 14.8. The number of amides is 1. The second-order valence-corrected chi connectivity index (χ2v) is 12.1. The third-order valence-corrected chi connectivity index (χ3v) is 9.10. The summed E-state index contributed by atoms with van der Waals surface area (Å²) in [6, 6.07) is 2.75. The van der Waals surface area contributed by atoms with Gasteiger partial charge in [-0.2, -0.15) is 13.2 Å². The van der Waals surface area contributed by atoms with Gasteiger partial charge in [-0.1, -0.05) is 17.7 Å². The molecule has 0 spiro atoms.